The molecule has 0 N–H and O–H groups in total. The molecule has 0 aromatic heterocycles. The lowest BCUT2D eigenvalue weighted by Gasteiger charge is -2.27. The first-order valence-electron chi connectivity index (χ1n) is 5.59. The highest BCUT2D eigenvalue weighted by Crippen LogP contribution is 2.15. The lowest BCUT2D eigenvalue weighted by molar-refractivity contribution is 0.0556. The van der Waals surface area contributed by atoms with Crippen molar-refractivity contribution in [3.05, 3.63) is 0 Å². The number of alkyl halides is 1. The van der Waals surface area contributed by atoms with Gasteiger partial charge in [-0.1, -0.05) is 0 Å². The number of ether oxygens (including phenoxy) is 1. The molecule has 1 unspecified atom stereocenters. The zero-order valence-electron chi connectivity index (χ0n) is 9.34. The highest BCUT2D eigenvalue weighted by atomic mass is 35.5. The van der Waals surface area contributed by atoms with Gasteiger partial charge < -0.3 is 9.64 Å². The predicted octanol–water partition coefficient (Wildman–Crippen LogP) is 2.36. The van der Waals surface area contributed by atoms with Crippen molar-refractivity contribution in [2.24, 2.45) is 5.92 Å². The Morgan fingerprint density at radius 2 is 2.07 bits per heavy atom. The second-order valence-electron chi connectivity index (χ2n) is 4.39. The zero-order valence-corrected chi connectivity index (χ0v) is 10.1. The van der Waals surface area contributed by atoms with Gasteiger partial charge in [0.25, 0.3) is 0 Å². The topological polar surface area (TPSA) is 12.5 Å². The largest absolute Gasteiger partial charge is 0.381 e. The summed E-state index contributed by atoms with van der Waals surface area (Å²) in [4.78, 5) is 2.40. The van der Waals surface area contributed by atoms with Gasteiger partial charge in [-0.25, -0.2) is 0 Å². The summed E-state index contributed by atoms with van der Waals surface area (Å²) < 4.78 is 5.34. The first kappa shape index (κ1) is 12.3. The molecule has 1 rings (SSSR count). The fraction of sp³-hybridized carbons (Fsp3) is 1.00. The maximum Gasteiger partial charge on any atom is 0.0469 e. The first-order valence-corrected chi connectivity index (χ1v) is 6.02. The van der Waals surface area contributed by atoms with Crippen LogP contribution in [0.5, 0.6) is 0 Å². The highest BCUT2D eigenvalue weighted by molar-refractivity contribution is 6.20. The van der Waals surface area contributed by atoms with E-state index in [4.69, 9.17) is 16.3 Å². The molecule has 0 aliphatic carbocycles. The van der Waals surface area contributed by atoms with Gasteiger partial charge in [-0.05, 0) is 45.7 Å². The van der Waals surface area contributed by atoms with Gasteiger partial charge in [0, 0.05) is 25.1 Å². The minimum absolute atomic E-state index is 0.298. The predicted molar refractivity (Wildman–Crippen MR) is 61.0 cm³/mol. The van der Waals surface area contributed by atoms with Gasteiger partial charge in [0.1, 0.15) is 0 Å². The molecule has 1 saturated heterocycles. The smallest absolute Gasteiger partial charge is 0.0469 e. The Morgan fingerprint density at radius 3 is 2.64 bits per heavy atom. The van der Waals surface area contributed by atoms with Crippen LogP contribution in [0.4, 0.5) is 0 Å². The maximum absolute atomic E-state index is 5.92. The van der Waals surface area contributed by atoms with Gasteiger partial charge in [0.05, 0.1) is 0 Å². The summed E-state index contributed by atoms with van der Waals surface area (Å²) in [6.45, 7) is 6.27. The lowest BCUT2D eigenvalue weighted by atomic mass is 10.00. The molecular formula is C11H22ClNO. The van der Waals surface area contributed by atoms with Crippen molar-refractivity contribution in [2.45, 2.75) is 31.6 Å². The molecule has 0 amide bonds. The summed E-state index contributed by atoms with van der Waals surface area (Å²) in [7, 11) is 2.19. The van der Waals surface area contributed by atoms with E-state index in [-0.39, 0.29) is 0 Å². The maximum atomic E-state index is 5.92. The Hall–Kier alpha value is 0.210. The van der Waals surface area contributed by atoms with Crippen molar-refractivity contribution in [3.8, 4) is 0 Å². The van der Waals surface area contributed by atoms with E-state index in [2.05, 4.69) is 18.9 Å². The van der Waals surface area contributed by atoms with Crippen LogP contribution in [-0.4, -0.2) is 43.6 Å². The normalized spacial score (nSPS) is 21.4. The Balaban J connectivity index is 2.09. The molecule has 1 fully saturated rings. The van der Waals surface area contributed by atoms with Crippen LogP contribution in [0.2, 0.25) is 0 Å². The van der Waals surface area contributed by atoms with Crippen LogP contribution >= 0.6 is 11.6 Å². The number of hydrogen-bond donors (Lipinski definition) is 0. The van der Waals surface area contributed by atoms with E-state index in [1.165, 1.54) is 19.4 Å². The average molecular weight is 220 g/mol. The van der Waals surface area contributed by atoms with Crippen LogP contribution < -0.4 is 0 Å². The van der Waals surface area contributed by atoms with Gasteiger partial charge in [-0.15, -0.1) is 11.6 Å². The molecule has 84 valence electrons. The summed E-state index contributed by atoms with van der Waals surface area (Å²) in [6.07, 6.45) is 3.53. The summed E-state index contributed by atoms with van der Waals surface area (Å²) in [5.74, 6) is 0.833. The summed E-state index contributed by atoms with van der Waals surface area (Å²) in [5.41, 5.74) is 0. The molecule has 1 aliphatic rings. The van der Waals surface area contributed by atoms with E-state index in [1.54, 1.807) is 0 Å². The van der Waals surface area contributed by atoms with E-state index < -0.39 is 0 Å². The SMILES string of the molecule is CC(Cl)CCN(C)CC1CCOCC1. The van der Waals surface area contributed by atoms with Crippen molar-refractivity contribution in [2.75, 3.05) is 33.4 Å². The van der Waals surface area contributed by atoms with Crippen molar-refractivity contribution >= 4 is 11.6 Å². The number of nitrogens with zero attached hydrogens (tertiary/aromatic N) is 1. The van der Waals surface area contributed by atoms with Gasteiger partial charge in [0.2, 0.25) is 0 Å². The van der Waals surface area contributed by atoms with Gasteiger partial charge in [-0.3, -0.25) is 0 Å². The fourth-order valence-corrected chi connectivity index (χ4v) is 1.96. The molecule has 1 heterocycles. The molecule has 0 aromatic rings. The third kappa shape index (κ3) is 5.18. The van der Waals surface area contributed by atoms with E-state index in [9.17, 15) is 0 Å². The fourth-order valence-electron chi connectivity index (χ4n) is 1.86. The average Bonchev–Trinajstić information content (AvgIpc) is 2.16. The third-order valence-electron chi connectivity index (χ3n) is 2.82. The quantitative estimate of drug-likeness (QED) is 0.659. The van der Waals surface area contributed by atoms with Crippen LogP contribution in [0.15, 0.2) is 0 Å². The Bertz CT molecular complexity index is 146. The van der Waals surface area contributed by atoms with Crippen LogP contribution in [0.1, 0.15) is 26.2 Å². The number of hydrogen-bond acceptors (Lipinski definition) is 2. The minimum atomic E-state index is 0.298. The van der Waals surface area contributed by atoms with Crippen molar-refractivity contribution < 1.29 is 4.74 Å². The van der Waals surface area contributed by atoms with Crippen LogP contribution in [0, 0.1) is 5.92 Å². The number of rotatable bonds is 5. The molecule has 3 heteroatoms. The van der Waals surface area contributed by atoms with E-state index in [0.29, 0.717) is 5.38 Å². The summed E-state index contributed by atoms with van der Waals surface area (Å²) >= 11 is 5.92. The summed E-state index contributed by atoms with van der Waals surface area (Å²) in [5, 5.41) is 0.298. The Labute approximate surface area is 92.6 Å². The van der Waals surface area contributed by atoms with Crippen molar-refractivity contribution in [1.82, 2.24) is 4.90 Å². The standard InChI is InChI=1S/C11H22ClNO/c1-10(12)3-6-13(2)9-11-4-7-14-8-5-11/h10-11H,3-9H2,1-2H3. The molecule has 1 atom stereocenters. The molecule has 14 heavy (non-hydrogen) atoms. The van der Waals surface area contributed by atoms with E-state index >= 15 is 0 Å². The van der Waals surface area contributed by atoms with E-state index in [0.717, 1.165) is 32.1 Å². The zero-order chi connectivity index (χ0) is 10.4. The summed E-state index contributed by atoms with van der Waals surface area (Å²) in [6, 6.07) is 0. The number of halogens is 1. The molecule has 0 aromatic carbocycles. The molecule has 1 aliphatic heterocycles. The van der Waals surface area contributed by atoms with Crippen molar-refractivity contribution in [1.29, 1.82) is 0 Å². The second-order valence-corrected chi connectivity index (χ2v) is 5.13. The monoisotopic (exact) mass is 219 g/mol. The molecular weight excluding hydrogens is 198 g/mol. The van der Waals surface area contributed by atoms with Gasteiger partial charge in [0.15, 0.2) is 0 Å². The second kappa shape index (κ2) is 6.65. The molecule has 0 radical (unpaired) electrons. The Kier molecular flexibility index (Phi) is 5.83. The first-order chi connectivity index (χ1) is 6.68. The molecule has 0 bridgehead atoms. The third-order valence-corrected chi connectivity index (χ3v) is 3.04. The van der Waals surface area contributed by atoms with Gasteiger partial charge >= 0.3 is 0 Å². The lowest BCUT2D eigenvalue weighted by Crippen LogP contribution is -2.30. The van der Waals surface area contributed by atoms with Crippen molar-refractivity contribution in [3.63, 3.8) is 0 Å². The van der Waals surface area contributed by atoms with E-state index in [1.807, 2.05) is 0 Å². The Morgan fingerprint density at radius 1 is 1.43 bits per heavy atom. The minimum Gasteiger partial charge on any atom is -0.381 e. The highest BCUT2D eigenvalue weighted by Gasteiger charge is 2.15. The molecule has 0 spiro atoms. The van der Waals surface area contributed by atoms with Crippen LogP contribution in [0.3, 0.4) is 0 Å². The van der Waals surface area contributed by atoms with Crippen LogP contribution in [0.25, 0.3) is 0 Å². The van der Waals surface area contributed by atoms with Gasteiger partial charge in [-0.2, -0.15) is 0 Å². The van der Waals surface area contributed by atoms with Crippen LogP contribution in [-0.2, 0) is 4.74 Å². The molecule has 0 saturated carbocycles. The molecule has 2 nitrogen and oxygen atoms in total.